The molecule has 0 amide bonds. The van der Waals surface area contributed by atoms with Gasteiger partial charge in [-0.3, -0.25) is 5.32 Å². The number of hydrogen-bond donors (Lipinski definition) is 1. The standard InChI is InChI=1S/C13H23NO2/c1-2-4-12(5-3-1)10-14-13(16-11-12)6-8-15-9-7-13/h14H,1-11H2. The second-order valence-electron chi connectivity index (χ2n) is 5.81. The molecule has 1 saturated carbocycles. The number of nitrogens with one attached hydrogen (secondary N) is 1. The Balaban J connectivity index is 1.61. The van der Waals surface area contributed by atoms with E-state index in [1.54, 1.807) is 0 Å². The second kappa shape index (κ2) is 4.28. The minimum absolute atomic E-state index is 0.0407. The average Bonchev–Trinajstić information content (AvgIpc) is 2.36. The van der Waals surface area contributed by atoms with Gasteiger partial charge in [0.05, 0.1) is 19.8 Å². The molecule has 16 heavy (non-hydrogen) atoms. The fourth-order valence-electron chi connectivity index (χ4n) is 3.39. The summed E-state index contributed by atoms with van der Waals surface area (Å²) in [5, 5.41) is 3.69. The van der Waals surface area contributed by atoms with E-state index < -0.39 is 0 Å². The first-order chi connectivity index (χ1) is 7.83. The van der Waals surface area contributed by atoms with Crippen molar-refractivity contribution in [3.8, 4) is 0 Å². The molecule has 2 heterocycles. The largest absolute Gasteiger partial charge is 0.381 e. The van der Waals surface area contributed by atoms with Gasteiger partial charge in [-0.15, -0.1) is 0 Å². The zero-order valence-corrected chi connectivity index (χ0v) is 10.1. The first kappa shape index (κ1) is 11.0. The number of rotatable bonds is 0. The van der Waals surface area contributed by atoms with Crippen LogP contribution in [0.25, 0.3) is 0 Å². The van der Waals surface area contributed by atoms with Gasteiger partial charge in [-0.05, 0) is 12.8 Å². The van der Waals surface area contributed by atoms with Crippen molar-refractivity contribution in [3.63, 3.8) is 0 Å². The third-order valence-corrected chi connectivity index (χ3v) is 4.65. The van der Waals surface area contributed by atoms with Crippen LogP contribution in [0, 0.1) is 5.41 Å². The summed E-state index contributed by atoms with van der Waals surface area (Å²) in [5.41, 5.74) is 0.419. The lowest BCUT2D eigenvalue weighted by molar-refractivity contribution is -0.188. The smallest absolute Gasteiger partial charge is 0.123 e. The zero-order valence-electron chi connectivity index (χ0n) is 10.1. The Kier molecular flexibility index (Phi) is 2.94. The third-order valence-electron chi connectivity index (χ3n) is 4.65. The van der Waals surface area contributed by atoms with E-state index in [9.17, 15) is 0 Å². The lowest BCUT2D eigenvalue weighted by atomic mass is 9.73. The van der Waals surface area contributed by atoms with Crippen LogP contribution < -0.4 is 5.32 Å². The van der Waals surface area contributed by atoms with E-state index in [1.165, 1.54) is 32.1 Å². The van der Waals surface area contributed by atoms with Crippen molar-refractivity contribution >= 4 is 0 Å². The molecule has 92 valence electrons. The number of ether oxygens (including phenoxy) is 2. The van der Waals surface area contributed by atoms with Gasteiger partial charge in [0.2, 0.25) is 0 Å². The van der Waals surface area contributed by atoms with Gasteiger partial charge in [0.15, 0.2) is 0 Å². The Hall–Kier alpha value is -0.120. The summed E-state index contributed by atoms with van der Waals surface area (Å²) in [4.78, 5) is 0. The van der Waals surface area contributed by atoms with Crippen LogP contribution in [0.5, 0.6) is 0 Å². The Labute approximate surface area is 97.9 Å². The van der Waals surface area contributed by atoms with E-state index in [-0.39, 0.29) is 5.72 Å². The Morgan fingerprint density at radius 3 is 2.25 bits per heavy atom. The summed E-state index contributed by atoms with van der Waals surface area (Å²) < 4.78 is 11.6. The van der Waals surface area contributed by atoms with Crippen LogP contribution in [0.2, 0.25) is 0 Å². The molecule has 2 aliphatic heterocycles. The highest BCUT2D eigenvalue weighted by atomic mass is 16.5. The fraction of sp³-hybridized carbons (Fsp3) is 1.00. The van der Waals surface area contributed by atoms with Crippen molar-refractivity contribution in [2.24, 2.45) is 5.41 Å². The Morgan fingerprint density at radius 2 is 1.62 bits per heavy atom. The molecule has 0 aromatic heterocycles. The summed E-state index contributed by atoms with van der Waals surface area (Å²) in [6.45, 7) is 3.83. The summed E-state index contributed by atoms with van der Waals surface area (Å²) >= 11 is 0. The van der Waals surface area contributed by atoms with Crippen LogP contribution in [-0.2, 0) is 9.47 Å². The quantitative estimate of drug-likeness (QED) is 0.684. The molecule has 1 aliphatic carbocycles. The minimum Gasteiger partial charge on any atom is -0.381 e. The van der Waals surface area contributed by atoms with Crippen LogP contribution in [0.1, 0.15) is 44.9 Å². The van der Waals surface area contributed by atoms with Gasteiger partial charge in [-0.25, -0.2) is 0 Å². The summed E-state index contributed by atoms with van der Waals surface area (Å²) in [5.74, 6) is 0. The molecule has 1 N–H and O–H groups in total. The summed E-state index contributed by atoms with van der Waals surface area (Å²) in [6.07, 6.45) is 8.94. The SMILES string of the molecule is C1CCC2(CC1)CNC1(CCOCC1)OC2. The van der Waals surface area contributed by atoms with Gasteiger partial charge >= 0.3 is 0 Å². The molecule has 0 bridgehead atoms. The second-order valence-corrected chi connectivity index (χ2v) is 5.81. The predicted octanol–water partition coefficient (Wildman–Crippen LogP) is 2.06. The van der Waals surface area contributed by atoms with E-state index in [1.807, 2.05) is 0 Å². The first-order valence-corrected chi connectivity index (χ1v) is 6.80. The van der Waals surface area contributed by atoms with E-state index in [2.05, 4.69) is 5.32 Å². The highest BCUT2D eigenvalue weighted by molar-refractivity contribution is 4.94. The average molecular weight is 225 g/mol. The van der Waals surface area contributed by atoms with Crippen LogP contribution >= 0.6 is 0 Å². The van der Waals surface area contributed by atoms with E-state index in [0.29, 0.717) is 5.41 Å². The molecule has 2 saturated heterocycles. The molecule has 2 spiro atoms. The highest BCUT2D eigenvalue weighted by Gasteiger charge is 2.44. The molecule has 0 aromatic rings. The van der Waals surface area contributed by atoms with Crippen LogP contribution in [0.15, 0.2) is 0 Å². The van der Waals surface area contributed by atoms with Gasteiger partial charge in [-0.1, -0.05) is 19.3 Å². The summed E-state index contributed by atoms with van der Waals surface area (Å²) in [7, 11) is 0. The first-order valence-electron chi connectivity index (χ1n) is 6.80. The van der Waals surface area contributed by atoms with E-state index in [4.69, 9.17) is 9.47 Å². The molecule has 0 aromatic carbocycles. The lowest BCUT2D eigenvalue weighted by Crippen LogP contribution is -2.61. The lowest BCUT2D eigenvalue weighted by Gasteiger charge is -2.50. The fourth-order valence-corrected chi connectivity index (χ4v) is 3.39. The monoisotopic (exact) mass is 225 g/mol. The van der Waals surface area contributed by atoms with Crippen LogP contribution in [-0.4, -0.2) is 32.1 Å². The van der Waals surface area contributed by atoms with Crippen LogP contribution in [0.3, 0.4) is 0 Å². The predicted molar refractivity (Wildman–Crippen MR) is 62.3 cm³/mol. The van der Waals surface area contributed by atoms with Gasteiger partial charge in [0, 0.05) is 24.8 Å². The van der Waals surface area contributed by atoms with Crippen molar-refractivity contribution < 1.29 is 9.47 Å². The third kappa shape index (κ3) is 2.01. The molecular weight excluding hydrogens is 202 g/mol. The molecule has 0 radical (unpaired) electrons. The van der Waals surface area contributed by atoms with Gasteiger partial charge in [0.1, 0.15) is 5.72 Å². The van der Waals surface area contributed by atoms with Crippen molar-refractivity contribution in [1.82, 2.24) is 5.32 Å². The maximum absolute atomic E-state index is 6.21. The maximum atomic E-state index is 6.21. The Morgan fingerprint density at radius 1 is 0.875 bits per heavy atom. The molecule has 3 rings (SSSR count). The van der Waals surface area contributed by atoms with Crippen molar-refractivity contribution in [1.29, 1.82) is 0 Å². The van der Waals surface area contributed by atoms with E-state index in [0.717, 1.165) is 39.2 Å². The number of hydrogen-bond acceptors (Lipinski definition) is 3. The molecule has 3 fully saturated rings. The van der Waals surface area contributed by atoms with Crippen molar-refractivity contribution in [2.75, 3.05) is 26.4 Å². The minimum atomic E-state index is -0.0407. The molecular formula is C13H23NO2. The Bertz CT molecular complexity index is 204. The van der Waals surface area contributed by atoms with Gasteiger partial charge < -0.3 is 9.47 Å². The molecule has 3 aliphatic rings. The van der Waals surface area contributed by atoms with Gasteiger partial charge in [-0.2, -0.15) is 0 Å². The molecule has 3 heteroatoms. The maximum Gasteiger partial charge on any atom is 0.123 e. The van der Waals surface area contributed by atoms with Crippen molar-refractivity contribution in [3.05, 3.63) is 0 Å². The topological polar surface area (TPSA) is 30.5 Å². The molecule has 3 nitrogen and oxygen atoms in total. The molecule has 0 unspecified atom stereocenters. The molecule has 0 atom stereocenters. The van der Waals surface area contributed by atoms with Crippen LogP contribution in [0.4, 0.5) is 0 Å². The highest BCUT2D eigenvalue weighted by Crippen LogP contribution is 2.41. The normalized spacial score (nSPS) is 33.0. The van der Waals surface area contributed by atoms with Gasteiger partial charge in [0.25, 0.3) is 0 Å². The zero-order chi connectivity index (χ0) is 10.9. The van der Waals surface area contributed by atoms with Crippen molar-refractivity contribution in [2.45, 2.75) is 50.7 Å². The summed E-state index contributed by atoms with van der Waals surface area (Å²) in [6, 6.07) is 0. The van der Waals surface area contributed by atoms with E-state index >= 15 is 0 Å².